The van der Waals surface area contributed by atoms with E-state index in [4.69, 9.17) is 29.1 Å². The van der Waals surface area contributed by atoms with Crippen LogP contribution in [0.3, 0.4) is 0 Å². The fourth-order valence-corrected chi connectivity index (χ4v) is 7.24. The Balaban J connectivity index is 1.33. The van der Waals surface area contributed by atoms with E-state index >= 15 is 0 Å². The van der Waals surface area contributed by atoms with Gasteiger partial charge in [-0.25, -0.2) is 9.67 Å². The van der Waals surface area contributed by atoms with Gasteiger partial charge < -0.3 is 14.0 Å². The van der Waals surface area contributed by atoms with Gasteiger partial charge in [-0.3, -0.25) is 9.69 Å². The summed E-state index contributed by atoms with van der Waals surface area (Å²) < 4.78 is 20.2. The van der Waals surface area contributed by atoms with Crippen molar-refractivity contribution in [3.63, 3.8) is 0 Å². The maximum atomic E-state index is 13.2. The fraction of sp³-hybridized carbons (Fsp3) is 0.679. The Hall–Kier alpha value is -2.85. The number of hydrogen-bond donors (Lipinski definition) is 0. The van der Waals surface area contributed by atoms with Crippen LogP contribution < -0.4 is 4.74 Å². The van der Waals surface area contributed by atoms with E-state index in [0.29, 0.717) is 48.9 Å². The average molecular weight is 521 g/mol. The highest BCUT2D eigenvalue weighted by atomic mass is 16.5. The first kappa shape index (κ1) is 24.2. The predicted octanol–water partition coefficient (Wildman–Crippen LogP) is 4.02. The van der Waals surface area contributed by atoms with Gasteiger partial charge in [-0.1, -0.05) is 11.6 Å². The number of rotatable bonds is 5. The normalized spacial score (nSPS) is 28.8. The van der Waals surface area contributed by atoms with E-state index in [1.807, 2.05) is 10.9 Å². The highest BCUT2D eigenvalue weighted by molar-refractivity contribution is 5.91. The zero-order valence-electron chi connectivity index (χ0n) is 22.3. The number of aromatic nitrogens is 5. The monoisotopic (exact) mass is 520 g/mol. The third-order valence-corrected chi connectivity index (χ3v) is 9.35. The minimum Gasteiger partial charge on any atom is -0.472 e. The van der Waals surface area contributed by atoms with Crippen molar-refractivity contribution in [2.45, 2.75) is 94.7 Å². The summed E-state index contributed by atoms with van der Waals surface area (Å²) in [5.74, 6) is 1.84. The summed E-state index contributed by atoms with van der Waals surface area (Å²) in [6, 6.07) is 0.449. The number of Topliss-reactive ketones (excluding diaryl/α,β-unsaturated/α-hetero) is 1. The number of ether oxygens (including phenoxy) is 2. The van der Waals surface area contributed by atoms with Gasteiger partial charge in [0.1, 0.15) is 23.0 Å². The lowest BCUT2D eigenvalue weighted by molar-refractivity contribution is -0.127. The molecule has 0 aromatic carbocycles. The van der Waals surface area contributed by atoms with Gasteiger partial charge in [0.15, 0.2) is 5.65 Å². The molecule has 7 rings (SSSR count). The van der Waals surface area contributed by atoms with E-state index < -0.39 is 5.41 Å². The molecular weight excluding hydrogens is 484 g/mol. The van der Waals surface area contributed by atoms with Gasteiger partial charge in [-0.2, -0.15) is 10.1 Å². The van der Waals surface area contributed by atoms with Gasteiger partial charge in [-0.15, -0.1) is 0 Å². The molecule has 2 aliphatic carbocycles. The molecule has 2 aliphatic heterocycles. The van der Waals surface area contributed by atoms with Crippen molar-refractivity contribution in [1.82, 2.24) is 29.8 Å². The third kappa shape index (κ3) is 3.78. The molecule has 4 atom stereocenters. The number of nitrogens with zero attached hydrogens (tertiary/aromatic N) is 6. The van der Waals surface area contributed by atoms with Gasteiger partial charge >= 0.3 is 0 Å². The number of likely N-dealkylation sites (tertiary alicyclic amines) is 1. The second-order valence-corrected chi connectivity index (χ2v) is 11.6. The summed E-state index contributed by atoms with van der Waals surface area (Å²) in [5, 5.41) is 10.0. The minimum atomic E-state index is -0.512. The summed E-state index contributed by atoms with van der Waals surface area (Å²) in [6.07, 6.45) is 11.0. The SMILES string of the molecule is C[C@H](Oc1nc(-c2onc3c2CCC[C@@]32CCCCC2=O)nc2c1cnn2[C@@H]1CCOC1)[C@@H]1CCCN1C. The molecule has 3 aromatic rings. The standard InChI is InChI=1S/C28H36N6O4/c1-17(21-8-6-13-33(21)2)37-27-20-15-29-34(18-10-14-36-16-18)26(20)30-25(31-27)23-19-7-5-12-28(24(19)32-38-23)11-4-3-9-22(28)35/h15,17-18,21H,3-14,16H2,1-2H3/t17-,18+,21-,28+/m0/s1. The van der Waals surface area contributed by atoms with Crippen molar-refractivity contribution in [3.05, 3.63) is 17.5 Å². The molecule has 1 saturated carbocycles. The van der Waals surface area contributed by atoms with Crippen molar-refractivity contribution in [1.29, 1.82) is 0 Å². The van der Waals surface area contributed by atoms with E-state index in [0.717, 1.165) is 80.2 Å². The third-order valence-electron chi connectivity index (χ3n) is 9.35. The second kappa shape index (κ2) is 9.41. The van der Waals surface area contributed by atoms with Crippen LogP contribution in [0.5, 0.6) is 5.88 Å². The van der Waals surface area contributed by atoms with Crippen LogP contribution in [0, 0.1) is 0 Å². The van der Waals surface area contributed by atoms with Crippen LogP contribution in [0.4, 0.5) is 0 Å². The molecular formula is C28H36N6O4. The van der Waals surface area contributed by atoms with Gasteiger partial charge in [-0.05, 0) is 71.9 Å². The average Bonchev–Trinajstić information content (AvgIpc) is 3.72. The number of hydrogen-bond acceptors (Lipinski definition) is 9. The highest BCUT2D eigenvalue weighted by Gasteiger charge is 2.48. The molecule has 0 bridgehead atoms. The zero-order valence-corrected chi connectivity index (χ0v) is 22.3. The number of carbonyl (C=O) groups excluding carboxylic acids is 1. The lowest BCUT2D eigenvalue weighted by Gasteiger charge is -2.37. The van der Waals surface area contributed by atoms with Crippen LogP contribution in [0.15, 0.2) is 10.7 Å². The van der Waals surface area contributed by atoms with Crippen molar-refractivity contribution >= 4 is 16.8 Å². The molecule has 3 aromatic heterocycles. The topological polar surface area (TPSA) is 108 Å². The molecule has 0 N–H and O–H groups in total. The lowest BCUT2D eigenvalue weighted by Crippen LogP contribution is -2.41. The van der Waals surface area contributed by atoms with Crippen molar-refractivity contribution in [3.8, 4) is 17.5 Å². The summed E-state index contributed by atoms with van der Waals surface area (Å²) in [4.78, 5) is 25.4. The lowest BCUT2D eigenvalue weighted by atomic mass is 9.64. The molecule has 1 spiro atoms. The fourth-order valence-electron chi connectivity index (χ4n) is 7.24. The molecule has 3 fully saturated rings. The first-order chi connectivity index (χ1) is 18.5. The van der Waals surface area contributed by atoms with Crippen LogP contribution in [0.1, 0.15) is 82.0 Å². The molecule has 4 aliphatic rings. The molecule has 0 radical (unpaired) electrons. The van der Waals surface area contributed by atoms with E-state index in [9.17, 15) is 4.79 Å². The molecule has 0 unspecified atom stereocenters. The van der Waals surface area contributed by atoms with Crippen molar-refractivity contribution < 1.29 is 18.8 Å². The van der Waals surface area contributed by atoms with Crippen LogP contribution >= 0.6 is 0 Å². The van der Waals surface area contributed by atoms with Gasteiger partial charge in [0, 0.05) is 24.6 Å². The Kier molecular flexibility index (Phi) is 6.00. The minimum absolute atomic E-state index is 0.0432. The van der Waals surface area contributed by atoms with Gasteiger partial charge in [0.2, 0.25) is 17.5 Å². The summed E-state index contributed by atoms with van der Waals surface area (Å²) in [7, 11) is 2.15. The first-order valence-corrected chi connectivity index (χ1v) is 14.3. The predicted molar refractivity (Wildman–Crippen MR) is 139 cm³/mol. The first-order valence-electron chi connectivity index (χ1n) is 14.3. The summed E-state index contributed by atoms with van der Waals surface area (Å²) >= 11 is 0. The maximum Gasteiger partial charge on any atom is 0.228 e. The molecule has 202 valence electrons. The molecule has 38 heavy (non-hydrogen) atoms. The Morgan fingerprint density at radius 1 is 1.13 bits per heavy atom. The Morgan fingerprint density at radius 3 is 2.82 bits per heavy atom. The quantitative estimate of drug-likeness (QED) is 0.493. The molecule has 0 amide bonds. The number of likely N-dealkylation sites (N-methyl/N-ethyl adjacent to an activating group) is 1. The Morgan fingerprint density at radius 2 is 2.03 bits per heavy atom. The zero-order chi connectivity index (χ0) is 25.9. The van der Waals surface area contributed by atoms with Crippen molar-refractivity contribution in [2.75, 3.05) is 26.8 Å². The number of fused-ring (bicyclic) bond motifs is 3. The maximum absolute atomic E-state index is 13.2. The Bertz CT molecular complexity index is 1360. The molecule has 5 heterocycles. The van der Waals surface area contributed by atoms with E-state index in [1.54, 1.807) is 0 Å². The van der Waals surface area contributed by atoms with E-state index in [-0.39, 0.29) is 12.1 Å². The summed E-state index contributed by atoms with van der Waals surface area (Å²) in [6.45, 7) is 4.51. The molecule has 10 heteroatoms. The van der Waals surface area contributed by atoms with Gasteiger partial charge in [0.05, 0.1) is 24.3 Å². The number of carbonyl (C=O) groups is 1. The highest BCUT2D eigenvalue weighted by Crippen LogP contribution is 2.47. The molecule has 10 nitrogen and oxygen atoms in total. The van der Waals surface area contributed by atoms with E-state index in [1.165, 1.54) is 6.42 Å². The van der Waals surface area contributed by atoms with E-state index in [2.05, 4.69) is 24.0 Å². The smallest absolute Gasteiger partial charge is 0.228 e. The van der Waals surface area contributed by atoms with Crippen LogP contribution in [-0.2, 0) is 21.4 Å². The largest absolute Gasteiger partial charge is 0.472 e. The van der Waals surface area contributed by atoms with Crippen LogP contribution in [-0.4, -0.2) is 74.5 Å². The van der Waals surface area contributed by atoms with Crippen LogP contribution in [0.25, 0.3) is 22.6 Å². The summed E-state index contributed by atoms with van der Waals surface area (Å²) in [5.41, 5.74) is 2.00. The van der Waals surface area contributed by atoms with Gasteiger partial charge in [0.25, 0.3) is 0 Å². The van der Waals surface area contributed by atoms with Crippen LogP contribution in [0.2, 0.25) is 0 Å². The Labute approximate surface area is 222 Å². The molecule has 2 saturated heterocycles. The second-order valence-electron chi connectivity index (χ2n) is 11.6. The number of ketones is 1. The van der Waals surface area contributed by atoms with Crippen molar-refractivity contribution in [2.24, 2.45) is 0 Å².